The molecule has 1 radical (unpaired) electrons. The quantitative estimate of drug-likeness (QED) is 0.452. The SMILES string of the molecule is Cl.NC[C-]=O.[Ru+]. The second kappa shape index (κ2) is 17.7. The smallest absolute Gasteiger partial charge is 0.541 e. The van der Waals surface area contributed by atoms with Crippen LogP contribution in [0.3, 0.4) is 0 Å². The topological polar surface area (TPSA) is 43.1 Å². The molecule has 0 aromatic heterocycles. The van der Waals surface area contributed by atoms with Crippen molar-refractivity contribution >= 4 is 18.7 Å². The van der Waals surface area contributed by atoms with Gasteiger partial charge in [-0.1, -0.05) is 0 Å². The summed E-state index contributed by atoms with van der Waals surface area (Å²) in [6.07, 6.45) is 1.46. The summed E-state index contributed by atoms with van der Waals surface area (Å²) in [5, 5.41) is 0. The van der Waals surface area contributed by atoms with Gasteiger partial charge in [0.15, 0.2) is 0 Å². The molecule has 2 N–H and O–H groups in total. The molecule has 0 bridgehead atoms. The Morgan fingerprint density at radius 1 is 1.67 bits per heavy atom. The number of rotatable bonds is 1. The molecule has 0 saturated carbocycles. The van der Waals surface area contributed by atoms with Crippen molar-refractivity contribution in [2.75, 3.05) is 6.54 Å². The van der Waals surface area contributed by atoms with E-state index in [9.17, 15) is 0 Å². The average molecular weight is 196 g/mol. The van der Waals surface area contributed by atoms with E-state index in [0.717, 1.165) is 0 Å². The largest absolute Gasteiger partial charge is 1.00 e. The predicted octanol–water partition coefficient (Wildman–Crippen LogP) is -0.526. The fourth-order valence-corrected chi connectivity index (χ4v) is 0. The molecule has 0 spiro atoms. The fourth-order valence-electron chi connectivity index (χ4n) is 0. The number of carbonyl (C=O) groups excluding carboxylic acids is 1. The summed E-state index contributed by atoms with van der Waals surface area (Å²) in [5.41, 5.74) is 4.60. The van der Waals surface area contributed by atoms with Gasteiger partial charge in [-0.25, -0.2) is 0 Å². The van der Waals surface area contributed by atoms with Crippen LogP contribution in [0.2, 0.25) is 0 Å². The van der Waals surface area contributed by atoms with E-state index < -0.39 is 0 Å². The summed E-state index contributed by atoms with van der Waals surface area (Å²) in [6, 6.07) is 0. The monoisotopic (exact) mass is 196 g/mol. The zero-order chi connectivity index (χ0) is 3.41. The third-order valence-electron chi connectivity index (χ3n) is 0.0833. The Bertz CT molecular complexity index is 27.5. The van der Waals surface area contributed by atoms with E-state index >= 15 is 0 Å². The van der Waals surface area contributed by atoms with Crippen molar-refractivity contribution in [1.29, 1.82) is 0 Å². The van der Waals surface area contributed by atoms with Crippen LogP contribution in [0.25, 0.3) is 0 Å². The van der Waals surface area contributed by atoms with Gasteiger partial charge in [-0.05, 0) is 0 Å². The molecule has 0 aromatic rings. The van der Waals surface area contributed by atoms with Crippen molar-refractivity contribution in [3.8, 4) is 0 Å². The molecule has 0 heterocycles. The van der Waals surface area contributed by atoms with Crippen LogP contribution in [-0.2, 0) is 24.3 Å². The van der Waals surface area contributed by atoms with E-state index in [1.54, 1.807) is 0 Å². The molecule has 0 aliphatic heterocycles. The summed E-state index contributed by atoms with van der Waals surface area (Å²) in [5.74, 6) is 0. The van der Waals surface area contributed by atoms with Crippen LogP contribution >= 0.6 is 12.4 Å². The molecule has 0 amide bonds. The van der Waals surface area contributed by atoms with Gasteiger partial charge in [-0.15, -0.1) is 19.0 Å². The molecule has 39 valence electrons. The second-order valence-corrected chi connectivity index (χ2v) is 0.348. The van der Waals surface area contributed by atoms with E-state index in [-0.39, 0.29) is 38.4 Å². The van der Waals surface area contributed by atoms with Gasteiger partial charge < -0.3 is 10.5 Å². The van der Waals surface area contributed by atoms with Gasteiger partial charge >= 0.3 is 19.5 Å². The van der Waals surface area contributed by atoms with Crippen LogP contribution in [0.15, 0.2) is 0 Å². The van der Waals surface area contributed by atoms with Gasteiger partial charge in [-0.2, -0.15) is 0 Å². The summed E-state index contributed by atoms with van der Waals surface area (Å²) < 4.78 is 0. The number of halogens is 1. The minimum Gasteiger partial charge on any atom is -0.541 e. The molecule has 2 nitrogen and oxygen atoms in total. The summed E-state index contributed by atoms with van der Waals surface area (Å²) in [6.45, 7) is 0.0139. The van der Waals surface area contributed by atoms with Gasteiger partial charge in [0.05, 0.1) is 0 Å². The van der Waals surface area contributed by atoms with Crippen LogP contribution in [0.1, 0.15) is 0 Å². The first-order valence-electron chi connectivity index (χ1n) is 0.966. The minimum absolute atomic E-state index is 0. The Hall–Kier alpha value is 0.543. The van der Waals surface area contributed by atoms with Crippen molar-refractivity contribution in [2.24, 2.45) is 5.73 Å². The van der Waals surface area contributed by atoms with Crippen molar-refractivity contribution in [2.45, 2.75) is 0 Å². The molecule has 6 heavy (non-hydrogen) atoms. The van der Waals surface area contributed by atoms with Gasteiger partial charge in [0.1, 0.15) is 0 Å². The summed E-state index contributed by atoms with van der Waals surface area (Å²) in [7, 11) is 0. The zero-order valence-corrected chi connectivity index (χ0v) is 5.51. The molecular formula is C2H5ClNORu. The van der Waals surface area contributed by atoms with Gasteiger partial charge in [-0.3, -0.25) is 6.29 Å². The Balaban J connectivity index is -0.0000000450. The molecule has 0 unspecified atom stereocenters. The van der Waals surface area contributed by atoms with E-state index in [1.165, 1.54) is 6.29 Å². The standard InChI is InChI=1S/C2H4NO.ClH.Ru/c3-1-2-4;;/h1,3H2;1H;/q-1;;+1. The predicted molar refractivity (Wildman–Crippen MR) is 22.0 cm³/mol. The van der Waals surface area contributed by atoms with Crippen molar-refractivity contribution < 1.29 is 24.3 Å². The Labute approximate surface area is 55.6 Å². The van der Waals surface area contributed by atoms with Crippen LogP contribution in [0.5, 0.6) is 0 Å². The Kier molecular flexibility index (Phi) is 47.2. The second-order valence-electron chi connectivity index (χ2n) is 0.348. The first-order chi connectivity index (χ1) is 1.91. The molecule has 0 aromatic carbocycles. The average Bonchev–Trinajstić information content (AvgIpc) is 1.37. The van der Waals surface area contributed by atoms with Crippen molar-refractivity contribution in [3.63, 3.8) is 0 Å². The minimum atomic E-state index is 0. The van der Waals surface area contributed by atoms with Gasteiger partial charge in [0.2, 0.25) is 0 Å². The molecule has 0 rings (SSSR count). The van der Waals surface area contributed by atoms with E-state index in [1.807, 2.05) is 0 Å². The number of nitrogens with two attached hydrogens (primary N) is 1. The first-order valence-corrected chi connectivity index (χ1v) is 0.966. The first kappa shape index (κ1) is 16.0. The van der Waals surface area contributed by atoms with Crippen LogP contribution < -0.4 is 5.73 Å². The maximum Gasteiger partial charge on any atom is 1.00 e. The summed E-state index contributed by atoms with van der Waals surface area (Å²) in [4.78, 5) is 8.92. The van der Waals surface area contributed by atoms with Gasteiger partial charge in [0, 0.05) is 0 Å². The maximum absolute atomic E-state index is 8.92. The van der Waals surface area contributed by atoms with Crippen LogP contribution in [0.4, 0.5) is 0 Å². The third kappa shape index (κ3) is 23.9. The van der Waals surface area contributed by atoms with E-state index in [2.05, 4.69) is 5.73 Å². The van der Waals surface area contributed by atoms with Crippen LogP contribution in [-0.4, -0.2) is 12.8 Å². The number of hydrogen-bond acceptors (Lipinski definition) is 2. The molecule has 0 aliphatic rings. The van der Waals surface area contributed by atoms with Crippen molar-refractivity contribution in [3.05, 3.63) is 0 Å². The summed E-state index contributed by atoms with van der Waals surface area (Å²) >= 11 is 0. The van der Waals surface area contributed by atoms with Crippen LogP contribution in [0, 0.1) is 0 Å². The molecule has 0 aliphatic carbocycles. The van der Waals surface area contributed by atoms with E-state index in [4.69, 9.17) is 4.79 Å². The number of hydrogen-bond donors (Lipinski definition) is 1. The van der Waals surface area contributed by atoms with Crippen molar-refractivity contribution in [1.82, 2.24) is 0 Å². The molecular weight excluding hydrogens is 191 g/mol. The Morgan fingerprint density at radius 3 is 1.83 bits per heavy atom. The van der Waals surface area contributed by atoms with Gasteiger partial charge in [0.25, 0.3) is 0 Å². The molecule has 0 saturated heterocycles. The fraction of sp³-hybridized carbons (Fsp3) is 0.500. The molecule has 4 heteroatoms. The van der Waals surface area contributed by atoms with E-state index in [0.29, 0.717) is 0 Å². The third-order valence-corrected chi connectivity index (χ3v) is 0.0833. The normalized spacial score (nSPS) is 4.17. The molecule has 0 fully saturated rings. The molecule has 0 atom stereocenters. The zero-order valence-electron chi connectivity index (χ0n) is 2.95. The maximum atomic E-state index is 8.92. The Morgan fingerprint density at radius 2 is 1.83 bits per heavy atom.